The van der Waals surface area contributed by atoms with Gasteiger partial charge in [-0.05, 0) is 11.6 Å². The quantitative estimate of drug-likeness (QED) is 0.316. The zero-order valence-electron chi connectivity index (χ0n) is 17.1. The molecule has 0 bridgehead atoms. The second kappa shape index (κ2) is 10.4. The van der Waals surface area contributed by atoms with Crippen molar-refractivity contribution in [1.29, 1.82) is 0 Å². The van der Waals surface area contributed by atoms with Gasteiger partial charge in [0.1, 0.15) is 11.7 Å². The van der Waals surface area contributed by atoms with Crippen LogP contribution in [0.15, 0.2) is 65.7 Å². The van der Waals surface area contributed by atoms with E-state index < -0.39 is 48.0 Å². The second-order valence-electron chi connectivity index (χ2n) is 7.00. The molecule has 0 unspecified atom stereocenters. The number of nitrogens with one attached hydrogen (secondary N) is 2. The number of rotatable bonds is 9. The van der Waals surface area contributed by atoms with Gasteiger partial charge in [-0.1, -0.05) is 41.9 Å². The summed E-state index contributed by atoms with van der Waals surface area (Å²) in [6.45, 7) is -2.00. The molecule has 0 fully saturated rings. The maximum atomic E-state index is 14.4. The fraction of sp³-hybridized carbons (Fsp3) is 0.238. The summed E-state index contributed by atoms with van der Waals surface area (Å²) in [6.07, 6.45) is 1.97. The van der Waals surface area contributed by atoms with Crippen molar-refractivity contribution < 1.29 is 23.4 Å². The average molecular weight is 480 g/mol. The first-order valence-electron chi connectivity index (χ1n) is 9.74. The first-order chi connectivity index (χ1) is 15.7. The number of hydrogen-bond acceptors (Lipinski definition) is 6. The Morgan fingerprint density at radius 2 is 1.94 bits per heavy atom. The van der Waals surface area contributed by atoms with Gasteiger partial charge in [-0.25, -0.2) is 4.98 Å². The Morgan fingerprint density at radius 3 is 2.61 bits per heavy atom. The van der Waals surface area contributed by atoms with Crippen LogP contribution in [0.2, 0.25) is 5.15 Å². The van der Waals surface area contributed by atoms with E-state index in [2.05, 4.69) is 15.6 Å². The van der Waals surface area contributed by atoms with Crippen LogP contribution in [0.3, 0.4) is 0 Å². The molecule has 0 aliphatic heterocycles. The number of amides is 1. The minimum Gasteiger partial charge on any atom is -0.618 e. The normalized spacial score (nSPS) is 12.2. The van der Waals surface area contributed by atoms with E-state index in [4.69, 9.17) is 11.6 Å². The number of nitrogens with zero attached hydrogens (tertiary/aromatic N) is 3. The van der Waals surface area contributed by atoms with E-state index in [0.29, 0.717) is 5.56 Å². The third kappa shape index (κ3) is 5.82. The lowest BCUT2D eigenvalue weighted by Crippen LogP contribution is -2.41. The number of pyridine rings is 1. The lowest BCUT2D eigenvalue weighted by molar-refractivity contribution is -0.624. The Bertz CT molecular complexity index is 1180. The van der Waals surface area contributed by atoms with Crippen molar-refractivity contribution in [3.63, 3.8) is 0 Å². The summed E-state index contributed by atoms with van der Waals surface area (Å²) in [5.74, 6) is -4.72. The smallest absolute Gasteiger partial charge is 0.347 e. The molecule has 0 saturated carbocycles. The number of aromatic nitrogens is 3. The molecule has 12 heteroatoms. The number of halogens is 3. The third-order valence-electron chi connectivity index (χ3n) is 4.70. The fourth-order valence-electron chi connectivity index (χ4n) is 3.04. The third-order valence-corrected chi connectivity index (χ3v) is 5.01. The molecule has 1 amide bonds. The number of alkyl halides is 2. The van der Waals surface area contributed by atoms with Gasteiger partial charge in [-0.3, -0.25) is 14.2 Å². The molecular formula is C21H20ClF2N5O4. The minimum atomic E-state index is -3.61. The molecule has 3 N–H and O–H groups in total. The van der Waals surface area contributed by atoms with Crippen molar-refractivity contribution in [3.05, 3.63) is 92.9 Å². The van der Waals surface area contributed by atoms with E-state index in [1.54, 1.807) is 30.3 Å². The Morgan fingerprint density at radius 1 is 1.24 bits per heavy atom. The monoisotopic (exact) mass is 479 g/mol. The highest BCUT2D eigenvalue weighted by atomic mass is 35.5. The Kier molecular flexibility index (Phi) is 7.56. The van der Waals surface area contributed by atoms with E-state index in [1.165, 1.54) is 12.1 Å². The molecule has 0 spiro atoms. The maximum Gasteiger partial charge on any atom is 0.347 e. The highest BCUT2D eigenvalue weighted by Crippen LogP contribution is 2.25. The lowest BCUT2D eigenvalue weighted by atomic mass is 10.1. The Labute approximate surface area is 191 Å². The predicted octanol–water partition coefficient (Wildman–Crippen LogP) is 1.58. The standard InChI is InChI=1S/C21H20ClF2N5O4/c22-17-10-25-19(26-13-21(23,24)16-8-4-5-9-29(16)33)20(32)28(17)11-18(31)27-15(12-30)14-6-2-1-3-7-14/h1-10,15,30H,11-13H2,(H,25,26)(H,27,31)/t15-/m1/s1. The van der Waals surface area contributed by atoms with Crippen molar-refractivity contribution in [2.45, 2.75) is 18.5 Å². The topological polar surface area (TPSA) is 123 Å². The first-order valence-corrected chi connectivity index (χ1v) is 10.1. The van der Waals surface area contributed by atoms with Crippen molar-refractivity contribution in [2.75, 3.05) is 18.5 Å². The average Bonchev–Trinajstić information content (AvgIpc) is 2.80. The van der Waals surface area contributed by atoms with E-state index in [1.807, 2.05) is 0 Å². The van der Waals surface area contributed by atoms with Gasteiger partial charge in [0.05, 0.1) is 25.4 Å². The summed E-state index contributed by atoms with van der Waals surface area (Å²) in [4.78, 5) is 28.9. The number of carbonyl (C=O) groups is 1. The van der Waals surface area contributed by atoms with Gasteiger partial charge in [0.15, 0.2) is 12.0 Å². The summed E-state index contributed by atoms with van der Waals surface area (Å²) in [5.41, 5.74) is -1.05. The van der Waals surface area contributed by atoms with Gasteiger partial charge in [-0.2, -0.15) is 13.5 Å². The molecule has 33 heavy (non-hydrogen) atoms. The largest absolute Gasteiger partial charge is 0.618 e. The van der Waals surface area contributed by atoms with E-state index in [9.17, 15) is 28.7 Å². The van der Waals surface area contributed by atoms with Crippen molar-refractivity contribution in [1.82, 2.24) is 14.9 Å². The van der Waals surface area contributed by atoms with Crippen LogP contribution in [-0.2, 0) is 17.3 Å². The molecule has 0 aliphatic carbocycles. The second-order valence-corrected chi connectivity index (χ2v) is 7.39. The van der Waals surface area contributed by atoms with E-state index in [0.717, 1.165) is 23.0 Å². The summed E-state index contributed by atoms with van der Waals surface area (Å²) >= 11 is 5.99. The molecule has 0 aliphatic rings. The van der Waals surface area contributed by atoms with Crippen molar-refractivity contribution in [3.8, 4) is 0 Å². The van der Waals surface area contributed by atoms with Crippen molar-refractivity contribution in [2.24, 2.45) is 0 Å². The minimum absolute atomic E-state index is 0.0317. The summed E-state index contributed by atoms with van der Waals surface area (Å²) in [5, 5.41) is 25.8. The SMILES string of the molecule is O=C(Cn1c(Cl)cnc(NCC(F)(F)c2cccc[n+]2[O-])c1=O)N[C@H](CO)c1ccccc1. The van der Waals surface area contributed by atoms with Gasteiger partial charge < -0.3 is 20.9 Å². The van der Waals surface area contributed by atoms with Crippen LogP contribution in [0.25, 0.3) is 0 Å². The lowest BCUT2D eigenvalue weighted by Gasteiger charge is -2.18. The zero-order valence-corrected chi connectivity index (χ0v) is 17.9. The molecule has 9 nitrogen and oxygen atoms in total. The molecule has 0 saturated heterocycles. The Hall–Kier alpha value is -3.57. The molecule has 3 rings (SSSR count). The molecule has 2 aromatic heterocycles. The number of benzene rings is 1. The molecular weight excluding hydrogens is 460 g/mol. The van der Waals surface area contributed by atoms with Crippen LogP contribution in [0, 0.1) is 5.21 Å². The van der Waals surface area contributed by atoms with Crippen LogP contribution in [0.1, 0.15) is 17.3 Å². The molecule has 1 aromatic carbocycles. The van der Waals surface area contributed by atoms with Gasteiger partial charge in [0.2, 0.25) is 5.91 Å². The zero-order chi connectivity index (χ0) is 24.0. The molecule has 0 radical (unpaired) electrons. The molecule has 3 aromatic rings. The van der Waals surface area contributed by atoms with Crippen LogP contribution in [0.4, 0.5) is 14.6 Å². The van der Waals surface area contributed by atoms with Crippen molar-refractivity contribution >= 4 is 23.3 Å². The number of carbonyl (C=O) groups excluding carboxylic acids is 1. The summed E-state index contributed by atoms with van der Waals surface area (Å²) in [6, 6.07) is 11.6. The van der Waals surface area contributed by atoms with E-state index >= 15 is 0 Å². The Balaban J connectivity index is 1.74. The summed E-state index contributed by atoms with van der Waals surface area (Å²) in [7, 11) is 0. The number of anilines is 1. The molecule has 1 atom stereocenters. The van der Waals surface area contributed by atoms with Crippen LogP contribution >= 0.6 is 11.6 Å². The van der Waals surface area contributed by atoms with Crippen LogP contribution < -0.4 is 20.9 Å². The van der Waals surface area contributed by atoms with Crippen LogP contribution in [-0.4, -0.2) is 33.7 Å². The number of hydrogen-bond donors (Lipinski definition) is 3. The molecule has 174 valence electrons. The summed E-state index contributed by atoms with van der Waals surface area (Å²) < 4.78 is 29.7. The van der Waals surface area contributed by atoms with Gasteiger partial charge in [0, 0.05) is 12.1 Å². The van der Waals surface area contributed by atoms with Gasteiger partial charge >= 0.3 is 5.92 Å². The highest BCUT2D eigenvalue weighted by molar-refractivity contribution is 6.29. The highest BCUT2D eigenvalue weighted by Gasteiger charge is 2.39. The number of aliphatic hydroxyl groups is 1. The molecule has 2 heterocycles. The van der Waals surface area contributed by atoms with Gasteiger partial charge in [0.25, 0.3) is 11.3 Å². The fourth-order valence-corrected chi connectivity index (χ4v) is 3.22. The maximum absolute atomic E-state index is 14.4. The van der Waals surface area contributed by atoms with Gasteiger partial charge in [-0.15, -0.1) is 0 Å². The predicted molar refractivity (Wildman–Crippen MR) is 116 cm³/mol. The first kappa shape index (κ1) is 24.1. The van der Waals surface area contributed by atoms with E-state index in [-0.39, 0.29) is 16.5 Å². The van der Waals surface area contributed by atoms with Crippen LogP contribution in [0.5, 0.6) is 0 Å². The number of aliphatic hydroxyl groups excluding tert-OH is 1.